The number of nitrogens with one attached hydrogen (secondary N) is 1. The van der Waals surface area contributed by atoms with E-state index in [0.29, 0.717) is 19.4 Å². The Bertz CT molecular complexity index is 990. The smallest absolute Gasteiger partial charge is 0.408 e. The zero-order chi connectivity index (χ0) is 27.8. The number of likely N-dealkylation sites (N-methyl/N-ethyl adjacent to an activating group) is 1. The molecule has 3 fully saturated rings. The van der Waals surface area contributed by atoms with Crippen LogP contribution in [0.15, 0.2) is 12.7 Å². The zero-order valence-corrected chi connectivity index (χ0v) is 23.2. The van der Waals surface area contributed by atoms with Gasteiger partial charge in [-0.25, -0.2) is 4.79 Å². The highest BCUT2D eigenvalue weighted by atomic mass is 31.2. The van der Waals surface area contributed by atoms with E-state index in [2.05, 4.69) is 11.9 Å². The van der Waals surface area contributed by atoms with Crippen molar-refractivity contribution < 1.29 is 33.4 Å². The highest BCUT2D eigenvalue weighted by Crippen LogP contribution is 2.72. The lowest BCUT2D eigenvalue weighted by molar-refractivity contribution is -0.146. The van der Waals surface area contributed by atoms with Gasteiger partial charge in [0.05, 0.1) is 0 Å². The summed E-state index contributed by atoms with van der Waals surface area (Å²) in [4.78, 5) is 65.0. The van der Waals surface area contributed by atoms with E-state index >= 15 is 0 Å². The van der Waals surface area contributed by atoms with Crippen molar-refractivity contribution in [1.29, 1.82) is 0 Å². The largest absolute Gasteiger partial charge is 0.446 e. The number of nitrogens with two attached hydrogens (primary N) is 1. The van der Waals surface area contributed by atoms with Gasteiger partial charge in [0.1, 0.15) is 29.6 Å². The number of amides is 4. The molecule has 3 aliphatic rings. The van der Waals surface area contributed by atoms with Crippen LogP contribution in [0.2, 0.25) is 0 Å². The van der Waals surface area contributed by atoms with Gasteiger partial charge in [-0.05, 0) is 50.4 Å². The van der Waals surface area contributed by atoms with E-state index < -0.39 is 66.0 Å². The van der Waals surface area contributed by atoms with Crippen LogP contribution in [0.4, 0.5) is 4.79 Å². The second-order valence-electron chi connectivity index (χ2n) is 11.6. The number of hydrogen-bond acceptors (Lipinski definition) is 6. The van der Waals surface area contributed by atoms with E-state index in [4.69, 9.17) is 10.5 Å². The van der Waals surface area contributed by atoms with Gasteiger partial charge in [0.15, 0.2) is 0 Å². The van der Waals surface area contributed by atoms with E-state index in [-0.39, 0.29) is 12.5 Å². The molecule has 208 valence electrons. The molecule has 0 aromatic carbocycles. The lowest BCUT2D eigenvalue weighted by atomic mass is 9.85. The minimum Gasteiger partial charge on any atom is -0.446 e. The summed E-state index contributed by atoms with van der Waals surface area (Å²) in [5.41, 5.74) is 4.55. The first kappa shape index (κ1) is 29.2. The Balaban J connectivity index is 1.79. The molecule has 2 saturated carbocycles. The van der Waals surface area contributed by atoms with E-state index in [0.717, 1.165) is 25.7 Å². The van der Waals surface area contributed by atoms with E-state index in [1.165, 1.54) is 22.9 Å². The SMILES string of the molecule is C=C[C@@H]1C[C@]1(N(C)C(=O)[C@@H]1CCCN1C(=O)C(NC(=O)OC1CCCC1)C(C)(C)C)P(=O)(O)CC(N)=O. The summed E-state index contributed by atoms with van der Waals surface area (Å²) < 4.78 is 18.7. The van der Waals surface area contributed by atoms with Gasteiger partial charge in [-0.15, -0.1) is 6.58 Å². The summed E-state index contributed by atoms with van der Waals surface area (Å²) in [6.07, 6.45) is 4.65. The predicted molar refractivity (Wildman–Crippen MR) is 138 cm³/mol. The number of hydrogen-bond donors (Lipinski definition) is 3. The fourth-order valence-corrected chi connectivity index (χ4v) is 8.10. The number of alkyl carbamates (subject to hydrolysis) is 1. The normalized spacial score (nSPS) is 28.2. The molecular weight excluding hydrogens is 499 g/mol. The van der Waals surface area contributed by atoms with Crippen molar-refractivity contribution in [2.24, 2.45) is 17.1 Å². The Kier molecular flexibility index (Phi) is 8.49. The molecule has 0 spiro atoms. The summed E-state index contributed by atoms with van der Waals surface area (Å²) in [7, 11) is -2.78. The monoisotopic (exact) mass is 540 g/mol. The quantitative estimate of drug-likeness (QED) is 0.298. The second-order valence-corrected chi connectivity index (χ2v) is 14.1. The third kappa shape index (κ3) is 5.87. The molecule has 3 rings (SSSR count). The average Bonchev–Trinajstić information content (AvgIpc) is 3.09. The van der Waals surface area contributed by atoms with E-state index in [9.17, 15) is 28.6 Å². The lowest BCUT2D eigenvalue weighted by Crippen LogP contribution is -2.58. The molecule has 4 amide bonds. The molecule has 0 bridgehead atoms. The Morgan fingerprint density at radius 1 is 1.24 bits per heavy atom. The summed E-state index contributed by atoms with van der Waals surface area (Å²) in [6.45, 7) is 9.49. The van der Waals surface area contributed by atoms with Crippen LogP contribution in [0.1, 0.15) is 65.7 Å². The van der Waals surface area contributed by atoms with Gasteiger partial charge in [0, 0.05) is 19.5 Å². The van der Waals surface area contributed by atoms with Crippen molar-refractivity contribution in [2.45, 2.75) is 89.2 Å². The van der Waals surface area contributed by atoms with Crippen molar-refractivity contribution in [2.75, 3.05) is 19.8 Å². The number of likely N-dealkylation sites (tertiary alicyclic amines) is 1. The summed E-state index contributed by atoms with van der Waals surface area (Å²) in [5.74, 6) is -2.30. The van der Waals surface area contributed by atoms with E-state index in [1.807, 2.05) is 20.8 Å². The Labute approximate surface area is 218 Å². The topological polar surface area (TPSA) is 159 Å². The molecule has 2 unspecified atom stereocenters. The molecule has 11 nitrogen and oxygen atoms in total. The summed E-state index contributed by atoms with van der Waals surface area (Å²) in [5, 5.41) is 1.25. The van der Waals surface area contributed by atoms with Gasteiger partial charge in [-0.1, -0.05) is 26.8 Å². The minimum absolute atomic E-state index is 0.160. The van der Waals surface area contributed by atoms with Gasteiger partial charge in [0.25, 0.3) is 0 Å². The van der Waals surface area contributed by atoms with Gasteiger partial charge < -0.3 is 30.5 Å². The molecule has 0 aromatic rings. The van der Waals surface area contributed by atoms with Gasteiger partial charge in [0.2, 0.25) is 25.1 Å². The lowest BCUT2D eigenvalue weighted by Gasteiger charge is -2.38. The molecule has 12 heteroatoms. The maximum absolute atomic E-state index is 13.7. The minimum atomic E-state index is -4.20. The van der Waals surface area contributed by atoms with Crippen LogP contribution in [0.3, 0.4) is 0 Å². The molecule has 4 N–H and O–H groups in total. The maximum atomic E-state index is 13.7. The number of rotatable bonds is 9. The maximum Gasteiger partial charge on any atom is 0.408 e. The molecule has 2 aliphatic carbocycles. The summed E-state index contributed by atoms with van der Waals surface area (Å²) in [6, 6.07) is -1.80. The first-order valence-corrected chi connectivity index (χ1v) is 14.8. The van der Waals surface area contributed by atoms with Crippen LogP contribution in [-0.4, -0.2) is 81.7 Å². The number of nitrogens with zero attached hydrogens (tertiary/aromatic N) is 2. The third-order valence-electron chi connectivity index (χ3n) is 7.90. The first-order chi connectivity index (χ1) is 17.2. The molecule has 1 saturated heterocycles. The third-order valence-corrected chi connectivity index (χ3v) is 10.7. The molecular formula is C25H41N4O7P. The average molecular weight is 541 g/mol. The summed E-state index contributed by atoms with van der Waals surface area (Å²) >= 11 is 0. The van der Waals surface area contributed by atoms with Crippen LogP contribution in [0.25, 0.3) is 0 Å². The molecule has 0 aromatic heterocycles. The van der Waals surface area contributed by atoms with E-state index in [1.54, 1.807) is 0 Å². The van der Waals surface area contributed by atoms with Crippen LogP contribution < -0.4 is 11.1 Å². The van der Waals surface area contributed by atoms with Crippen molar-refractivity contribution in [1.82, 2.24) is 15.1 Å². The highest BCUT2D eigenvalue weighted by Gasteiger charge is 2.68. The van der Waals surface area contributed by atoms with Crippen LogP contribution in [-0.2, 0) is 23.7 Å². The zero-order valence-electron chi connectivity index (χ0n) is 22.3. The molecule has 0 radical (unpaired) electrons. The fourth-order valence-electron chi connectivity index (χ4n) is 5.73. The standard InChI is InChI=1S/C25H41N4O7P/c1-6-16-14-25(16,37(34,35)15-19(26)30)28(5)21(31)18-12-9-13-29(18)22(32)20(24(2,3)4)27-23(33)36-17-10-7-8-11-17/h6,16-18,20H,1,7-15H2,2-5H3,(H2,26,30)(H,27,33)(H,34,35)/t16-,18+,20?,25+/m1/s1. The van der Waals surface area contributed by atoms with Gasteiger partial charge in [-0.3, -0.25) is 18.9 Å². The second kappa shape index (κ2) is 10.8. The van der Waals surface area contributed by atoms with Crippen LogP contribution in [0, 0.1) is 11.3 Å². The molecule has 1 heterocycles. The Morgan fingerprint density at radius 3 is 2.38 bits per heavy atom. The van der Waals surface area contributed by atoms with Crippen molar-refractivity contribution in [3.8, 4) is 0 Å². The highest BCUT2D eigenvalue weighted by molar-refractivity contribution is 7.61. The Morgan fingerprint density at radius 2 is 1.86 bits per heavy atom. The number of carbonyl (C=O) groups excluding carboxylic acids is 4. The predicted octanol–water partition coefficient (Wildman–Crippen LogP) is 2.18. The Hall–Kier alpha value is -2.39. The van der Waals surface area contributed by atoms with Gasteiger partial charge >= 0.3 is 6.09 Å². The number of primary amides is 1. The number of carbonyl (C=O) groups is 4. The molecule has 1 aliphatic heterocycles. The van der Waals surface area contributed by atoms with Gasteiger partial charge in [-0.2, -0.15) is 0 Å². The first-order valence-electron chi connectivity index (χ1n) is 12.9. The van der Waals surface area contributed by atoms with Crippen molar-refractivity contribution in [3.05, 3.63) is 12.7 Å². The van der Waals surface area contributed by atoms with Crippen molar-refractivity contribution in [3.63, 3.8) is 0 Å². The molecule has 5 atom stereocenters. The van der Waals surface area contributed by atoms with Crippen molar-refractivity contribution >= 4 is 31.2 Å². The van der Waals surface area contributed by atoms with Crippen LogP contribution >= 0.6 is 7.37 Å². The fraction of sp³-hybridized carbons (Fsp3) is 0.760. The van der Waals surface area contributed by atoms with Crippen LogP contribution in [0.5, 0.6) is 0 Å². The number of ether oxygens (including phenoxy) is 1. The molecule has 37 heavy (non-hydrogen) atoms.